The number of aromatic nitrogens is 1. The summed E-state index contributed by atoms with van der Waals surface area (Å²) in [6.45, 7) is 7.41. The van der Waals surface area contributed by atoms with Crippen LogP contribution in [0.3, 0.4) is 0 Å². The summed E-state index contributed by atoms with van der Waals surface area (Å²) < 4.78 is 5.48. The number of likely N-dealkylation sites (N-methyl/N-ethyl adjacent to an activating group) is 1. The second kappa shape index (κ2) is 8.16. The molecule has 7 heteroatoms. The number of morpholine rings is 1. The zero-order chi connectivity index (χ0) is 17.8. The lowest BCUT2D eigenvalue weighted by Crippen LogP contribution is -2.41. The molecular weight excluding hydrogens is 346 g/mol. The Hall–Kier alpha value is -1.96. The summed E-state index contributed by atoms with van der Waals surface area (Å²) in [5, 5.41) is 7.96. The van der Waals surface area contributed by atoms with E-state index in [4.69, 9.17) is 14.8 Å². The molecule has 0 radical (unpaired) electrons. The molecule has 0 atom stereocenters. The normalized spacial score (nSPS) is 19.4. The number of thiazole rings is 1. The first-order valence-corrected chi connectivity index (χ1v) is 9.98. The number of hydrazone groups is 1. The van der Waals surface area contributed by atoms with E-state index in [-0.39, 0.29) is 0 Å². The standard InChI is InChI=1S/C19H25N5OS/c1-22-7-9-24(10-8-22)20-15-17-18(16-5-3-2-4-6-16)21-19(26-17)23-11-13-25-14-12-23/h2-6,15H,7-14H2,1H3/b20-15-. The summed E-state index contributed by atoms with van der Waals surface area (Å²) in [5.41, 5.74) is 2.16. The number of rotatable bonds is 4. The molecule has 0 aliphatic carbocycles. The van der Waals surface area contributed by atoms with Gasteiger partial charge in [-0.3, -0.25) is 5.01 Å². The lowest BCUT2D eigenvalue weighted by Gasteiger charge is -2.30. The molecule has 0 saturated carbocycles. The fourth-order valence-electron chi connectivity index (χ4n) is 3.15. The van der Waals surface area contributed by atoms with Crippen LogP contribution in [0, 0.1) is 0 Å². The largest absolute Gasteiger partial charge is 0.378 e. The molecule has 2 aliphatic rings. The quantitative estimate of drug-likeness (QED) is 0.771. The van der Waals surface area contributed by atoms with Crippen molar-refractivity contribution < 1.29 is 4.74 Å². The minimum absolute atomic E-state index is 0.769. The molecule has 26 heavy (non-hydrogen) atoms. The molecule has 2 aromatic rings. The monoisotopic (exact) mass is 371 g/mol. The van der Waals surface area contributed by atoms with Crippen LogP contribution in [0.15, 0.2) is 35.4 Å². The highest BCUT2D eigenvalue weighted by Gasteiger charge is 2.19. The fraction of sp³-hybridized carbons (Fsp3) is 0.474. The Morgan fingerprint density at radius 2 is 1.77 bits per heavy atom. The van der Waals surface area contributed by atoms with Gasteiger partial charge in [0.1, 0.15) is 0 Å². The van der Waals surface area contributed by atoms with Gasteiger partial charge in [-0.15, -0.1) is 0 Å². The van der Waals surface area contributed by atoms with Gasteiger partial charge in [-0.05, 0) is 7.05 Å². The van der Waals surface area contributed by atoms with Crippen LogP contribution in [0.1, 0.15) is 4.88 Å². The molecular formula is C19H25N5OS. The van der Waals surface area contributed by atoms with Crippen molar-refractivity contribution in [3.05, 3.63) is 35.2 Å². The summed E-state index contributed by atoms with van der Waals surface area (Å²) in [4.78, 5) is 10.7. The first-order valence-electron chi connectivity index (χ1n) is 9.16. The first-order chi connectivity index (χ1) is 12.8. The van der Waals surface area contributed by atoms with Crippen molar-refractivity contribution >= 4 is 22.7 Å². The Morgan fingerprint density at radius 3 is 2.50 bits per heavy atom. The molecule has 0 bridgehead atoms. The van der Waals surface area contributed by atoms with Gasteiger partial charge in [0.15, 0.2) is 5.13 Å². The van der Waals surface area contributed by atoms with Crippen molar-refractivity contribution in [2.75, 3.05) is 64.4 Å². The molecule has 4 rings (SSSR count). The second-order valence-corrected chi connectivity index (χ2v) is 7.69. The van der Waals surface area contributed by atoms with Gasteiger partial charge in [-0.25, -0.2) is 4.98 Å². The molecule has 138 valence electrons. The van der Waals surface area contributed by atoms with Gasteiger partial charge in [0, 0.05) is 44.8 Å². The van der Waals surface area contributed by atoms with Crippen molar-refractivity contribution in [2.24, 2.45) is 5.10 Å². The lowest BCUT2D eigenvalue weighted by molar-refractivity contribution is 0.122. The van der Waals surface area contributed by atoms with E-state index in [1.807, 2.05) is 12.3 Å². The van der Waals surface area contributed by atoms with Crippen molar-refractivity contribution in [3.8, 4) is 11.3 Å². The fourth-order valence-corrected chi connectivity index (χ4v) is 4.15. The maximum absolute atomic E-state index is 5.48. The minimum Gasteiger partial charge on any atom is -0.378 e. The smallest absolute Gasteiger partial charge is 0.186 e. The molecule has 0 amide bonds. The van der Waals surface area contributed by atoms with Crippen LogP contribution in [-0.2, 0) is 4.74 Å². The predicted molar refractivity (Wildman–Crippen MR) is 107 cm³/mol. The maximum Gasteiger partial charge on any atom is 0.186 e. The summed E-state index contributed by atoms with van der Waals surface area (Å²) in [5.74, 6) is 0. The van der Waals surface area contributed by atoms with Gasteiger partial charge in [0.25, 0.3) is 0 Å². The number of anilines is 1. The second-order valence-electron chi connectivity index (χ2n) is 6.68. The van der Waals surface area contributed by atoms with Crippen LogP contribution >= 0.6 is 11.3 Å². The lowest BCUT2D eigenvalue weighted by atomic mass is 10.1. The van der Waals surface area contributed by atoms with Crippen LogP contribution in [0.2, 0.25) is 0 Å². The Labute approximate surface area is 158 Å². The zero-order valence-electron chi connectivity index (χ0n) is 15.2. The third-order valence-electron chi connectivity index (χ3n) is 4.79. The van der Waals surface area contributed by atoms with Crippen LogP contribution < -0.4 is 4.90 Å². The van der Waals surface area contributed by atoms with E-state index in [0.29, 0.717) is 0 Å². The average molecular weight is 372 g/mol. The molecule has 1 aromatic carbocycles. The average Bonchev–Trinajstić information content (AvgIpc) is 3.13. The number of ether oxygens (including phenoxy) is 1. The number of hydrogen-bond acceptors (Lipinski definition) is 7. The summed E-state index contributed by atoms with van der Waals surface area (Å²) in [6, 6.07) is 10.4. The van der Waals surface area contributed by atoms with E-state index in [9.17, 15) is 0 Å². The highest BCUT2D eigenvalue weighted by atomic mass is 32.1. The van der Waals surface area contributed by atoms with E-state index in [2.05, 4.69) is 46.1 Å². The summed E-state index contributed by atoms with van der Waals surface area (Å²) in [6.07, 6.45) is 2.00. The van der Waals surface area contributed by atoms with Gasteiger partial charge < -0.3 is 14.5 Å². The van der Waals surface area contributed by atoms with Crippen molar-refractivity contribution in [1.82, 2.24) is 14.9 Å². The van der Waals surface area contributed by atoms with Gasteiger partial charge in [-0.2, -0.15) is 5.10 Å². The molecule has 2 fully saturated rings. The van der Waals surface area contributed by atoms with Gasteiger partial charge in [0.05, 0.1) is 30.0 Å². The van der Waals surface area contributed by atoms with Crippen LogP contribution in [0.4, 0.5) is 5.13 Å². The van der Waals surface area contributed by atoms with Crippen molar-refractivity contribution in [1.29, 1.82) is 0 Å². The molecule has 1 aromatic heterocycles. The van der Waals surface area contributed by atoms with Crippen LogP contribution in [0.25, 0.3) is 11.3 Å². The topological polar surface area (TPSA) is 44.2 Å². The van der Waals surface area contributed by atoms with Crippen molar-refractivity contribution in [3.63, 3.8) is 0 Å². The van der Waals surface area contributed by atoms with Gasteiger partial charge in [-0.1, -0.05) is 41.7 Å². The molecule has 0 unspecified atom stereocenters. The van der Waals surface area contributed by atoms with Gasteiger partial charge in [0.2, 0.25) is 0 Å². The van der Waals surface area contributed by atoms with Crippen molar-refractivity contribution in [2.45, 2.75) is 0 Å². The molecule has 0 N–H and O–H groups in total. The highest BCUT2D eigenvalue weighted by Crippen LogP contribution is 2.32. The molecule has 6 nitrogen and oxygen atoms in total. The molecule has 2 aliphatic heterocycles. The predicted octanol–water partition coefficient (Wildman–Crippen LogP) is 2.23. The van der Waals surface area contributed by atoms with E-state index in [1.165, 1.54) is 0 Å². The SMILES string of the molecule is CN1CCN(/N=C\c2sc(N3CCOCC3)nc2-c2ccccc2)CC1. The van der Waals surface area contributed by atoms with Crippen LogP contribution in [-0.4, -0.2) is 80.6 Å². The van der Waals surface area contributed by atoms with E-state index >= 15 is 0 Å². The van der Waals surface area contributed by atoms with E-state index in [0.717, 1.165) is 73.7 Å². The van der Waals surface area contributed by atoms with E-state index < -0.39 is 0 Å². The highest BCUT2D eigenvalue weighted by molar-refractivity contribution is 7.17. The molecule has 2 saturated heterocycles. The van der Waals surface area contributed by atoms with Crippen LogP contribution in [0.5, 0.6) is 0 Å². The zero-order valence-corrected chi connectivity index (χ0v) is 16.0. The number of hydrogen-bond donors (Lipinski definition) is 0. The maximum atomic E-state index is 5.48. The molecule has 3 heterocycles. The number of nitrogens with zero attached hydrogens (tertiary/aromatic N) is 5. The minimum atomic E-state index is 0.769. The Morgan fingerprint density at radius 1 is 1.04 bits per heavy atom. The summed E-state index contributed by atoms with van der Waals surface area (Å²) in [7, 11) is 2.16. The Kier molecular flexibility index (Phi) is 5.48. The molecule has 0 spiro atoms. The van der Waals surface area contributed by atoms with E-state index in [1.54, 1.807) is 11.3 Å². The van der Waals surface area contributed by atoms with Gasteiger partial charge >= 0.3 is 0 Å². The Bertz CT molecular complexity index is 734. The third kappa shape index (κ3) is 4.06. The number of benzene rings is 1. The first kappa shape index (κ1) is 17.5. The number of piperazine rings is 1. The third-order valence-corrected chi connectivity index (χ3v) is 5.84. The summed E-state index contributed by atoms with van der Waals surface area (Å²) >= 11 is 1.72. The Balaban J connectivity index is 1.60.